The van der Waals surface area contributed by atoms with E-state index in [0.29, 0.717) is 23.6 Å². The summed E-state index contributed by atoms with van der Waals surface area (Å²) in [6.45, 7) is 0.865. The van der Waals surface area contributed by atoms with Crippen LogP contribution in [0, 0.1) is 12.3 Å². The second-order valence-electron chi connectivity index (χ2n) is 7.90. The average Bonchev–Trinajstić information content (AvgIpc) is 3.31. The van der Waals surface area contributed by atoms with Crippen LogP contribution in [-0.2, 0) is 15.9 Å². The summed E-state index contributed by atoms with van der Waals surface area (Å²) in [7, 11) is 0. The van der Waals surface area contributed by atoms with E-state index in [9.17, 15) is 20.4 Å². The highest BCUT2D eigenvalue weighted by molar-refractivity contribution is 6.31. The minimum absolute atomic E-state index is 0.0882. The molecule has 0 spiro atoms. The molecule has 0 saturated carbocycles. The fourth-order valence-electron chi connectivity index (χ4n) is 3.67. The molecule has 2 aliphatic rings. The van der Waals surface area contributed by atoms with E-state index >= 15 is 0 Å². The third-order valence-electron chi connectivity index (χ3n) is 5.58. The Kier molecular flexibility index (Phi) is 9.14. The van der Waals surface area contributed by atoms with Crippen LogP contribution in [0.25, 0.3) is 0 Å². The fraction of sp³-hybridized carbons (Fsp3) is 0.500. The predicted octanol–water partition coefficient (Wildman–Crippen LogP) is 1.31. The summed E-state index contributed by atoms with van der Waals surface area (Å²) in [5, 5.41) is 39.5. The summed E-state index contributed by atoms with van der Waals surface area (Å²) < 4.78 is 16.6. The largest absolute Gasteiger partial charge is 0.488 e. The number of rotatable bonds is 8. The van der Waals surface area contributed by atoms with Gasteiger partial charge in [0.2, 0.25) is 0 Å². The van der Waals surface area contributed by atoms with Crippen molar-refractivity contribution in [2.75, 3.05) is 19.8 Å². The maximum absolute atomic E-state index is 10.1. The normalized spacial score (nSPS) is 31.4. The van der Waals surface area contributed by atoms with Gasteiger partial charge in [0.15, 0.2) is 0 Å². The fourth-order valence-corrected chi connectivity index (χ4v) is 3.88. The van der Waals surface area contributed by atoms with E-state index in [2.05, 4.69) is 5.92 Å². The van der Waals surface area contributed by atoms with Gasteiger partial charge in [0.05, 0.1) is 31.0 Å². The van der Waals surface area contributed by atoms with Crippen molar-refractivity contribution in [1.29, 1.82) is 0 Å². The SMILES string of the molecule is C#C/C(Cc1ccc(O[C@H]2CCOC2)cc1)=C(Cl)\C=C/C[C@@H]1O[C@H](CO)[C@@H](O)[C@H](O)[C@H]1O. The zero-order valence-corrected chi connectivity index (χ0v) is 18.4. The molecule has 2 heterocycles. The minimum atomic E-state index is -1.40. The van der Waals surface area contributed by atoms with Gasteiger partial charge < -0.3 is 34.6 Å². The molecular formula is C24H29ClO7. The van der Waals surface area contributed by atoms with E-state index < -0.39 is 37.1 Å². The molecule has 0 bridgehead atoms. The van der Waals surface area contributed by atoms with Gasteiger partial charge in [-0.1, -0.05) is 35.7 Å². The minimum Gasteiger partial charge on any atom is -0.488 e. The van der Waals surface area contributed by atoms with Crippen LogP contribution in [0.4, 0.5) is 0 Å². The van der Waals surface area contributed by atoms with E-state index in [1.165, 1.54) is 0 Å². The van der Waals surface area contributed by atoms with Gasteiger partial charge in [0, 0.05) is 18.4 Å². The molecule has 0 amide bonds. The smallest absolute Gasteiger partial charge is 0.124 e. The average molecular weight is 465 g/mol. The van der Waals surface area contributed by atoms with Gasteiger partial charge in [-0.2, -0.15) is 0 Å². The quantitative estimate of drug-likeness (QED) is 0.339. The van der Waals surface area contributed by atoms with Crippen molar-refractivity contribution < 1.29 is 34.6 Å². The molecular weight excluding hydrogens is 436 g/mol. The van der Waals surface area contributed by atoms with E-state index in [1.54, 1.807) is 12.2 Å². The van der Waals surface area contributed by atoms with Crippen molar-refractivity contribution in [3.63, 3.8) is 0 Å². The highest BCUT2D eigenvalue weighted by Crippen LogP contribution is 2.25. The van der Waals surface area contributed by atoms with Gasteiger partial charge in [-0.3, -0.25) is 0 Å². The van der Waals surface area contributed by atoms with E-state index in [1.807, 2.05) is 24.3 Å². The molecule has 0 unspecified atom stereocenters. The molecule has 2 fully saturated rings. The molecule has 7 nitrogen and oxygen atoms in total. The first-order valence-corrected chi connectivity index (χ1v) is 11.0. The van der Waals surface area contributed by atoms with Crippen molar-refractivity contribution in [3.8, 4) is 18.1 Å². The van der Waals surface area contributed by atoms with Gasteiger partial charge in [0.25, 0.3) is 0 Å². The van der Waals surface area contributed by atoms with Crippen molar-refractivity contribution in [2.45, 2.75) is 55.9 Å². The second-order valence-corrected chi connectivity index (χ2v) is 8.31. The highest BCUT2D eigenvalue weighted by atomic mass is 35.5. The zero-order valence-electron chi connectivity index (χ0n) is 17.6. The molecule has 4 N–H and O–H groups in total. The molecule has 2 saturated heterocycles. The maximum Gasteiger partial charge on any atom is 0.124 e. The number of aliphatic hydroxyl groups is 4. The Labute approximate surface area is 192 Å². The standard InChI is InChI=1S/C24H29ClO7/c1-2-16(12-15-6-8-17(9-7-15)31-18-10-11-30-14-18)19(25)4-3-5-20-22(27)24(29)23(28)21(13-26)32-20/h1,3-4,6-9,18,20-24,26-29H,5,10-14H2/b4-3-,19-16-/t18-,20-,21+,22-,23+,24+/m0/s1. The van der Waals surface area contributed by atoms with Crippen LogP contribution in [0.15, 0.2) is 47.0 Å². The summed E-state index contributed by atoms with van der Waals surface area (Å²) in [5.74, 6) is 3.39. The number of hydrogen-bond acceptors (Lipinski definition) is 7. The number of allylic oxidation sites excluding steroid dienone is 3. The lowest BCUT2D eigenvalue weighted by Gasteiger charge is -2.39. The Morgan fingerprint density at radius 1 is 1.16 bits per heavy atom. The Hall–Kier alpha value is -1.89. The van der Waals surface area contributed by atoms with Crippen LogP contribution in [0.3, 0.4) is 0 Å². The number of halogens is 1. The summed E-state index contributed by atoms with van der Waals surface area (Å²) >= 11 is 6.38. The Morgan fingerprint density at radius 2 is 1.88 bits per heavy atom. The molecule has 2 aliphatic heterocycles. The van der Waals surface area contributed by atoms with Crippen molar-refractivity contribution in [2.24, 2.45) is 0 Å². The maximum atomic E-state index is 10.1. The molecule has 8 heteroatoms. The number of hydrogen-bond donors (Lipinski definition) is 4. The van der Waals surface area contributed by atoms with Crippen molar-refractivity contribution in [3.05, 3.63) is 52.6 Å². The third-order valence-corrected chi connectivity index (χ3v) is 5.94. The summed E-state index contributed by atoms with van der Waals surface area (Å²) in [6.07, 6.45) is 4.79. The van der Waals surface area contributed by atoms with Crippen molar-refractivity contribution >= 4 is 11.6 Å². The summed E-state index contributed by atoms with van der Waals surface area (Å²) in [4.78, 5) is 0. The van der Waals surface area contributed by atoms with Crippen LogP contribution >= 0.6 is 11.6 Å². The summed E-state index contributed by atoms with van der Waals surface area (Å²) in [6, 6.07) is 7.66. The molecule has 32 heavy (non-hydrogen) atoms. The number of aliphatic hydroxyl groups excluding tert-OH is 4. The molecule has 174 valence electrons. The molecule has 3 rings (SSSR count). The van der Waals surface area contributed by atoms with Gasteiger partial charge in [0.1, 0.15) is 36.3 Å². The van der Waals surface area contributed by atoms with E-state index in [4.69, 9.17) is 32.2 Å². The number of ether oxygens (including phenoxy) is 3. The van der Waals surface area contributed by atoms with Gasteiger partial charge >= 0.3 is 0 Å². The molecule has 0 radical (unpaired) electrons. The van der Waals surface area contributed by atoms with Gasteiger partial charge in [-0.25, -0.2) is 0 Å². The molecule has 0 aromatic heterocycles. The van der Waals surface area contributed by atoms with Crippen molar-refractivity contribution in [1.82, 2.24) is 0 Å². The molecule has 1 aromatic rings. The molecule has 6 atom stereocenters. The molecule has 0 aliphatic carbocycles. The lowest BCUT2D eigenvalue weighted by molar-refractivity contribution is -0.227. The first-order valence-electron chi connectivity index (χ1n) is 10.6. The topological polar surface area (TPSA) is 109 Å². The number of benzene rings is 1. The van der Waals surface area contributed by atoms with Gasteiger partial charge in [-0.05, 0) is 30.2 Å². The Morgan fingerprint density at radius 3 is 2.50 bits per heavy atom. The van der Waals surface area contributed by atoms with Crippen LogP contribution in [0.1, 0.15) is 18.4 Å². The lowest BCUT2D eigenvalue weighted by atomic mass is 9.93. The number of terminal acetylenes is 1. The second kappa shape index (κ2) is 11.8. The molecule has 1 aromatic carbocycles. The van der Waals surface area contributed by atoms with E-state index in [0.717, 1.165) is 24.3 Å². The van der Waals surface area contributed by atoms with Gasteiger partial charge in [-0.15, -0.1) is 6.42 Å². The Bertz CT molecular complexity index is 837. The van der Waals surface area contributed by atoms with Crippen LogP contribution in [0.5, 0.6) is 5.75 Å². The van der Waals surface area contributed by atoms with Crippen LogP contribution < -0.4 is 4.74 Å². The highest BCUT2D eigenvalue weighted by Gasteiger charge is 2.42. The van der Waals surface area contributed by atoms with Crippen LogP contribution in [0.2, 0.25) is 0 Å². The first-order chi connectivity index (χ1) is 15.4. The third kappa shape index (κ3) is 6.33. The zero-order chi connectivity index (χ0) is 23.1. The van der Waals surface area contributed by atoms with E-state index in [-0.39, 0.29) is 12.5 Å². The van der Waals surface area contributed by atoms with Crippen LogP contribution in [-0.4, -0.2) is 76.9 Å². The monoisotopic (exact) mass is 464 g/mol. The summed E-state index contributed by atoms with van der Waals surface area (Å²) in [5.41, 5.74) is 1.57. The first kappa shape index (κ1) is 24.7. The predicted molar refractivity (Wildman–Crippen MR) is 119 cm³/mol. The Balaban J connectivity index is 1.58. The lowest BCUT2D eigenvalue weighted by Crippen LogP contribution is -2.58.